The Hall–Kier alpha value is -0.803. The van der Waals surface area contributed by atoms with Crippen LogP contribution in [-0.4, -0.2) is 15.2 Å². The lowest BCUT2D eigenvalue weighted by Gasteiger charge is -2.24. The van der Waals surface area contributed by atoms with Crippen molar-refractivity contribution in [2.24, 2.45) is 0 Å². The molecule has 0 spiro atoms. The van der Waals surface area contributed by atoms with Crippen LogP contribution in [0.2, 0.25) is 13.1 Å². The van der Waals surface area contributed by atoms with Crippen molar-refractivity contribution in [1.82, 2.24) is 0 Å². The monoisotopic (exact) mass is 322 g/mol. The van der Waals surface area contributed by atoms with Crippen LogP contribution in [0.5, 0.6) is 5.75 Å². The summed E-state index contributed by atoms with van der Waals surface area (Å²) in [6, 6.07) is 8.17. The maximum Gasteiger partial charge on any atom is 0.392 e. The Labute approximate surface area is 138 Å². The molecule has 1 rings (SSSR count). The third-order valence-corrected chi connectivity index (χ3v) is 5.51. The quantitative estimate of drug-likeness (QED) is 0.335. The number of aryl methyl sites for hydroxylation is 1. The molecule has 0 saturated heterocycles. The van der Waals surface area contributed by atoms with Crippen molar-refractivity contribution >= 4 is 8.56 Å². The van der Waals surface area contributed by atoms with E-state index in [1.807, 2.05) is 18.2 Å². The fourth-order valence-corrected chi connectivity index (χ4v) is 3.97. The number of rotatable bonds is 12. The summed E-state index contributed by atoms with van der Waals surface area (Å²) < 4.78 is 12.2. The topological polar surface area (TPSA) is 18.5 Å². The van der Waals surface area contributed by atoms with Gasteiger partial charge < -0.3 is 8.85 Å². The van der Waals surface area contributed by atoms with Crippen molar-refractivity contribution in [2.75, 3.05) is 6.61 Å². The highest BCUT2D eigenvalue weighted by Gasteiger charge is 2.26. The molecule has 0 heterocycles. The van der Waals surface area contributed by atoms with E-state index in [2.05, 4.69) is 33.0 Å². The summed E-state index contributed by atoms with van der Waals surface area (Å²) in [5, 5.41) is 0. The normalized spacial score (nSPS) is 11.6. The molecule has 0 aliphatic rings. The van der Waals surface area contributed by atoms with Crippen LogP contribution >= 0.6 is 0 Å². The molecule has 0 unspecified atom stereocenters. The molecule has 0 fully saturated rings. The van der Waals surface area contributed by atoms with Gasteiger partial charge in [-0.1, -0.05) is 70.1 Å². The average molecular weight is 323 g/mol. The highest BCUT2D eigenvalue weighted by molar-refractivity contribution is 6.65. The molecule has 2 nitrogen and oxygen atoms in total. The van der Waals surface area contributed by atoms with E-state index in [1.54, 1.807) is 0 Å². The van der Waals surface area contributed by atoms with Gasteiger partial charge in [-0.25, -0.2) is 0 Å². The van der Waals surface area contributed by atoms with Gasteiger partial charge in [-0.2, -0.15) is 0 Å². The maximum atomic E-state index is 6.12. The Kier molecular flexibility index (Phi) is 9.49. The van der Waals surface area contributed by atoms with Crippen LogP contribution in [-0.2, 0) is 4.43 Å². The summed E-state index contributed by atoms with van der Waals surface area (Å²) in [5.74, 6) is 0.968. The minimum absolute atomic E-state index is 0.833. The Morgan fingerprint density at radius 3 is 2.09 bits per heavy atom. The zero-order valence-corrected chi connectivity index (χ0v) is 16.0. The Morgan fingerprint density at radius 1 is 0.864 bits per heavy atom. The highest BCUT2D eigenvalue weighted by atomic mass is 28.4. The smallest absolute Gasteiger partial charge is 0.392 e. The second-order valence-corrected chi connectivity index (χ2v) is 9.88. The summed E-state index contributed by atoms with van der Waals surface area (Å²) in [7, 11) is -2.06. The summed E-state index contributed by atoms with van der Waals surface area (Å²) in [6.07, 6.45) is 10.7. The number of hydrogen-bond donors (Lipinski definition) is 0. The third kappa shape index (κ3) is 8.59. The van der Waals surface area contributed by atoms with E-state index in [4.69, 9.17) is 8.85 Å². The van der Waals surface area contributed by atoms with E-state index in [0.717, 1.165) is 18.8 Å². The van der Waals surface area contributed by atoms with Gasteiger partial charge in [-0.3, -0.25) is 0 Å². The van der Waals surface area contributed by atoms with E-state index >= 15 is 0 Å². The first kappa shape index (κ1) is 19.2. The molecule has 0 aromatic heterocycles. The number of hydrogen-bond acceptors (Lipinski definition) is 2. The number of unbranched alkanes of at least 4 members (excludes halogenated alkanes) is 7. The summed E-state index contributed by atoms with van der Waals surface area (Å²) >= 11 is 0. The van der Waals surface area contributed by atoms with E-state index < -0.39 is 8.56 Å². The van der Waals surface area contributed by atoms with Gasteiger partial charge in [-0.05, 0) is 38.1 Å². The first-order valence-corrected chi connectivity index (χ1v) is 11.8. The molecule has 0 amide bonds. The minimum atomic E-state index is -2.06. The van der Waals surface area contributed by atoms with Crippen molar-refractivity contribution in [2.45, 2.75) is 78.3 Å². The molecule has 0 aliphatic heterocycles. The van der Waals surface area contributed by atoms with Crippen molar-refractivity contribution in [1.29, 1.82) is 0 Å². The van der Waals surface area contributed by atoms with E-state index in [1.165, 1.54) is 50.5 Å². The zero-order chi connectivity index (χ0) is 16.3. The van der Waals surface area contributed by atoms with Gasteiger partial charge in [0, 0.05) is 6.61 Å². The summed E-state index contributed by atoms with van der Waals surface area (Å²) in [5.41, 5.74) is 1.18. The lowest BCUT2D eigenvalue weighted by atomic mass is 10.1. The third-order valence-electron chi connectivity index (χ3n) is 3.90. The molecule has 0 bridgehead atoms. The summed E-state index contributed by atoms with van der Waals surface area (Å²) in [4.78, 5) is 0. The van der Waals surface area contributed by atoms with Gasteiger partial charge in [0.05, 0.1) is 0 Å². The first-order chi connectivity index (χ1) is 10.5. The molecule has 3 heteroatoms. The SMILES string of the molecule is CCCCCCCCCCO[Si](C)(C)Oc1ccccc1C. The molecular formula is C19H34O2Si. The molecule has 0 atom stereocenters. The van der Waals surface area contributed by atoms with Crippen molar-refractivity contribution in [3.05, 3.63) is 29.8 Å². The second-order valence-electron chi connectivity index (χ2n) is 6.59. The second kappa shape index (κ2) is 10.8. The molecule has 126 valence electrons. The van der Waals surface area contributed by atoms with Crippen LogP contribution in [0.25, 0.3) is 0 Å². The fourth-order valence-electron chi connectivity index (χ4n) is 2.52. The molecule has 0 aliphatic carbocycles. The Bertz CT molecular complexity index is 404. The van der Waals surface area contributed by atoms with Crippen LogP contribution < -0.4 is 4.43 Å². The van der Waals surface area contributed by atoms with Crippen LogP contribution in [0.4, 0.5) is 0 Å². The lowest BCUT2D eigenvalue weighted by molar-refractivity contribution is 0.240. The van der Waals surface area contributed by atoms with Gasteiger partial charge in [0.1, 0.15) is 5.75 Å². The van der Waals surface area contributed by atoms with E-state index in [0.29, 0.717) is 0 Å². The van der Waals surface area contributed by atoms with Gasteiger partial charge in [-0.15, -0.1) is 0 Å². The first-order valence-electron chi connectivity index (χ1n) is 8.94. The van der Waals surface area contributed by atoms with Gasteiger partial charge >= 0.3 is 8.56 Å². The molecule has 1 aromatic carbocycles. The lowest BCUT2D eigenvalue weighted by Crippen LogP contribution is -2.38. The largest absolute Gasteiger partial charge is 0.520 e. The molecule has 0 saturated carbocycles. The standard InChI is InChI=1S/C19H34O2Si/c1-5-6-7-8-9-10-11-14-17-20-22(3,4)21-19-16-13-12-15-18(19)2/h12-13,15-16H,5-11,14,17H2,1-4H3. The van der Waals surface area contributed by atoms with Crippen LogP contribution in [0.3, 0.4) is 0 Å². The van der Waals surface area contributed by atoms with Crippen LogP contribution in [0.1, 0.15) is 63.9 Å². The van der Waals surface area contributed by atoms with E-state index in [9.17, 15) is 0 Å². The zero-order valence-electron chi connectivity index (χ0n) is 15.0. The average Bonchev–Trinajstić information content (AvgIpc) is 2.48. The maximum absolute atomic E-state index is 6.12. The molecule has 0 radical (unpaired) electrons. The van der Waals surface area contributed by atoms with Crippen molar-refractivity contribution in [3.8, 4) is 5.75 Å². The molecule has 1 aromatic rings. The van der Waals surface area contributed by atoms with Gasteiger partial charge in [0.25, 0.3) is 0 Å². The van der Waals surface area contributed by atoms with Crippen molar-refractivity contribution in [3.63, 3.8) is 0 Å². The van der Waals surface area contributed by atoms with Crippen molar-refractivity contribution < 1.29 is 8.85 Å². The minimum Gasteiger partial charge on any atom is -0.520 e. The predicted molar refractivity (Wildman–Crippen MR) is 97.9 cm³/mol. The fraction of sp³-hybridized carbons (Fsp3) is 0.684. The van der Waals surface area contributed by atoms with E-state index in [-0.39, 0.29) is 0 Å². The number of para-hydroxylation sites is 1. The number of benzene rings is 1. The van der Waals surface area contributed by atoms with Gasteiger partial charge in [0.2, 0.25) is 0 Å². The predicted octanol–water partition coefficient (Wildman–Crippen LogP) is 6.23. The molecular weight excluding hydrogens is 288 g/mol. The van der Waals surface area contributed by atoms with Gasteiger partial charge in [0.15, 0.2) is 0 Å². The Morgan fingerprint density at radius 2 is 1.45 bits per heavy atom. The van der Waals surface area contributed by atoms with Crippen LogP contribution in [0, 0.1) is 6.92 Å². The van der Waals surface area contributed by atoms with Crippen LogP contribution in [0.15, 0.2) is 24.3 Å². The molecule has 22 heavy (non-hydrogen) atoms. The summed E-state index contributed by atoms with van der Waals surface area (Å²) in [6.45, 7) is 9.44. The molecule has 0 N–H and O–H groups in total. The Balaban J connectivity index is 2.11. The highest BCUT2D eigenvalue weighted by Crippen LogP contribution is 2.21.